The third-order valence-corrected chi connectivity index (χ3v) is 4.88. The highest BCUT2D eigenvalue weighted by Crippen LogP contribution is 2.26. The number of amides is 1. The van der Waals surface area contributed by atoms with E-state index >= 15 is 0 Å². The van der Waals surface area contributed by atoms with Gasteiger partial charge < -0.3 is 5.32 Å². The van der Waals surface area contributed by atoms with E-state index in [0.717, 1.165) is 21.5 Å². The minimum absolute atomic E-state index is 0.00167. The van der Waals surface area contributed by atoms with Gasteiger partial charge in [-0.15, -0.1) is 11.8 Å². The van der Waals surface area contributed by atoms with Crippen molar-refractivity contribution in [2.24, 2.45) is 0 Å². The number of nitrogens with zero attached hydrogens (tertiary/aromatic N) is 1. The number of pyridine rings is 1. The highest BCUT2D eigenvalue weighted by molar-refractivity contribution is 8.00. The van der Waals surface area contributed by atoms with Crippen LogP contribution in [0.25, 0.3) is 10.9 Å². The van der Waals surface area contributed by atoms with E-state index in [4.69, 9.17) is 0 Å². The second-order valence-corrected chi connectivity index (χ2v) is 6.96. The van der Waals surface area contributed by atoms with Gasteiger partial charge in [0.25, 0.3) is 0 Å². The Kier molecular flexibility index (Phi) is 5.16. The number of carbonyl (C=O) groups excluding carboxylic acids is 1. The number of aromatic nitrogens is 1. The molecule has 0 saturated carbocycles. The van der Waals surface area contributed by atoms with Crippen molar-refractivity contribution in [1.82, 2.24) is 4.98 Å². The lowest BCUT2D eigenvalue weighted by Crippen LogP contribution is -2.14. The summed E-state index contributed by atoms with van der Waals surface area (Å²) in [6.07, 6.45) is 1.79. The number of hydrogen-bond acceptors (Lipinski definition) is 3. The van der Waals surface area contributed by atoms with Crippen LogP contribution in [-0.2, 0) is 4.79 Å². The molecule has 4 heteroatoms. The Morgan fingerprint density at radius 1 is 1.12 bits per heavy atom. The van der Waals surface area contributed by atoms with Crippen LogP contribution in [-0.4, -0.2) is 16.6 Å². The molecule has 1 heterocycles. The van der Waals surface area contributed by atoms with Gasteiger partial charge in [-0.3, -0.25) is 9.78 Å². The molecule has 3 aromatic rings. The molecule has 0 unspecified atom stereocenters. The van der Waals surface area contributed by atoms with Gasteiger partial charge in [-0.1, -0.05) is 44.2 Å². The molecule has 24 heavy (non-hydrogen) atoms. The van der Waals surface area contributed by atoms with Crippen molar-refractivity contribution < 1.29 is 4.79 Å². The fourth-order valence-electron chi connectivity index (χ4n) is 2.51. The topological polar surface area (TPSA) is 42.0 Å². The van der Waals surface area contributed by atoms with E-state index in [2.05, 4.69) is 30.2 Å². The molecule has 122 valence electrons. The maximum atomic E-state index is 12.3. The van der Waals surface area contributed by atoms with E-state index in [9.17, 15) is 4.79 Å². The number of rotatable bonds is 5. The van der Waals surface area contributed by atoms with Crippen LogP contribution in [0.5, 0.6) is 0 Å². The zero-order valence-corrected chi connectivity index (χ0v) is 14.6. The lowest BCUT2D eigenvalue weighted by Gasteiger charge is -2.10. The first-order valence-electron chi connectivity index (χ1n) is 8.00. The summed E-state index contributed by atoms with van der Waals surface area (Å²) in [4.78, 5) is 17.7. The van der Waals surface area contributed by atoms with E-state index in [-0.39, 0.29) is 5.91 Å². The van der Waals surface area contributed by atoms with E-state index in [0.29, 0.717) is 11.7 Å². The SMILES string of the molecule is CC(C)c1cccc(NC(=O)CSc2ccnc3ccccc23)c1. The minimum Gasteiger partial charge on any atom is -0.325 e. The molecule has 0 aliphatic heterocycles. The second kappa shape index (κ2) is 7.49. The number of anilines is 1. The van der Waals surface area contributed by atoms with Gasteiger partial charge in [0.2, 0.25) is 5.91 Å². The third kappa shape index (κ3) is 3.95. The van der Waals surface area contributed by atoms with Crippen molar-refractivity contribution in [2.75, 3.05) is 11.1 Å². The van der Waals surface area contributed by atoms with E-state index in [1.807, 2.05) is 48.5 Å². The fourth-order valence-corrected chi connectivity index (χ4v) is 3.36. The largest absolute Gasteiger partial charge is 0.325 e. The lowest BCUT2D eigenvalue weighted by molar-refractivity contribution is -0.113. The minimum atomic E-state index is 0.00167. The Bertz CT molecular complexity index is 856. The summed E-state index contributed by atoms with van der Waals surface area (Å²) in [6, 6.07) is 18.0. The Hall–Kier alpha value is -2.33. The van der Waals surface area contributed by atoms with Crippen molar-refractivity contribution >= 4 is 34.3 Å². The summed E-state index contributed by atoms with van der Waals surface area (Å²) in [5.74, 6) is 0.820. The molecule has 1 amide bonds. The fraction of sp³-hybridized carbons (Fsp3) is 0.200. The average molecular weight is 336 g/mol. The molecule has 1 N–H and O–H groups in total. The number of carbonyl (C=O) groups is 1. The monoisotopic (exact) mass is 336 g/mol. The second-order valence-electron chi connectivity index (χ2n) is 5.94. The van der Waals surface area contributed by atoms with Crippen molar-refractivity contribution in [2.45, 2.75) is 24.7 Å². The molecule has 3 rings (SSSR count). The first kappa shape index (κ1) is 16.5. The number of para-hydroxylation sites is 1. The third-order valence-electron chi connectivity index (χ3n) is 3.80. The molecule has 0 aliphatic rings. The van der Waals surface area contributed by atoms with Gasteiger partial charge in [-0.05, 0) is 35.7 Å². The zero-order chi connectivity index (χ0) is 16.9. The predicted octanol–water partition coefficient (Wildman–Crippen LogP) is 5.09. The number of nitrogens with one attached hydrogen (secondary N) is 1. The molecule has 1 aromatic heterocycles. The normalized spacial score (nSPS) is 11.0. The summed E-state index contributed by atoms with van der Waals surface area (Å²) in [7, 11) is 0. The van der Waals surface area contributed by atoms with Crippen LogP contribution in [0, 0.1) is 0 Å². The van der Waals surface area contributed by atoms with Crippen molar-refractivity contribution in [3.63, 3.8) is 0 Å². The van der Waals surface area contributed by atoms with Crippen molar-refractivity contribution in [3.8, 4) is 0 Å². The van der Waals surface area contributed by atoms with Gasteiger partial charge >= 0.3 is 0 Å². The number of hydrogen-bond donors (Lipinski definition) is 1. The summed E-state index contributed by atoms with van der Waals surface area (Å²) >= 11 is 1.54. The molecule has 3 nitrogen and oxygen atoms in total. The molecule has 0 radical (unpaired) electrons. The molecule has 0 saturated heterocycles. The highest BCUT2D eigenvalue weighted by atomic mass is 32.2. The summed E-state index contributed by atoms with van der Waals surface area (Å²) in [5.41, 5.74) is 3.03. The van der Waals surface area contributed by atoms with Crippen LogP contribution in [0.15, 0.2) is 65.7 Å². The Balaban J connectivity index is 1.66. The van der Waals surface area contributed by atoms with Crippen LogP contribution in [0.4, 0.5) is 5.69 Å². The van der Waals surface area contributed by atoms with Crippen LogP contribution < -0.4 is 5.32 Å². The number of benzene rings is 2. The van der Waals surface area contributed by atoms with Gasteiger partial charge in [0.05, 0.1) is 11.3 Å². The average Bonchev–Trinajstić information content (AvgIpc) is 2.60. The van der Waals surface area contributed by atoms with Crippen molar-refractivity contribution in [1.29, 1.82) is 0 Å². The number of fused-ring (bicyclic) bond motifs is 1. The summed E-state index contributed by atoms with van der Waals surface area (Å²) in [6.45, 7) is 4.29. The molecule has 0 fully saturated rings. The van der Waals surface area contributed by atoms with Gasteiger partial charge in [0.15, 0.2) is 0 Å². The zero-order valence-electron chi connectivity index (χ0n) is 13.8. The summed E-state index contributed by atoms with van der Waals surface area (Å²) < 4.78 is 0. The lowest BCUT2D eigenvalue weighted by atomic mass is 10.0. The maximum Gasteiger partial charge on any atom is 0.234 e. The van der Waals surface area contributed by atoms with Crippen LogP contribution in [0.2, 0.25) is 0 Å². The first-order valence-corrected chi connectivity index (χ1v) is 8.98. The highest BCUT2D eigenvalue weighted by Gasteiger charge is 2.08. The van der Waals surface area contributed by atoms with Gasteiger partial charge in [-0.25, -0.2) is 0 Å². The maximum absolute atomic E-state index is 12.3. The molecule has 0 aliphatic carbocycles. The molecular weight excluding hydrogens is 316 g/mol. The Labute approximate surface area is 146 Å². The Morgan fingerprint density at radius 3 is 2.79 bits per heavy atom. The van der Waals surface area contributed by atoms with Crippen LogP contribution >= 0.6 is 11.8 Å². The van der Waals surface area contributed by atoms with Gasteiger partial charge in [0, 0.05) is 22.2 Å². The van der Waals surface area contributed by atoms with E-state index < -0.39 is 0 Å². The predicted molar refractivity (Wildman–Crippen MR) is 102 cm³/mol. The molecule has 0 atom stereocenters. The number of thioether (sulfide) groups is 1. The van der Waals surface area contributed by atoms with Gasteiger partial charge in [-0.2, -0.15) is 0 Å². The summed E-state index contributed by atoms with van der Waals surface area (Å²) in [5, 5.41) is 4.06. The van der Waals surface area contributed by atoms with Crippen LogP contribution in [0.3, 0.4) is 0 Å². The quantitative estimate of drug-likeness (QED) is 0.660. The first-order chi connectivity index (χ1) is 11.6. The molecular formula is C20H20N2OS. The molecule has 0 spiro atoms. The smallest absolute Gasteiger partial charge is 0.234 e. The van der Waals surface area contributed by atoms with E-state index in [1.165, 1.54) is 17.3 Å². The standard InChI is InChI=1S/C20H20N2OS/c1-14(2)15-6-5-7-16(12-15)22-20(23)13-24-19-10-11-21-18-9-4-3-8-17(18)19/h3-12,14H,13H2,1-2H3,(H,22,23). The van der Waals surface area contributed by atoms with Crippen molar-refractivity contribution in [3.05, 3.63) is 66.4 Å². The van der Waals surface area contributed by atoms with Gasteiger partial charge in [0.1, 0.15) is 0 Å². The molecule has 0 bridgehead atoms. The van der Waals surface area contributed by atoms with Crippen LogP contribution in [0.1, 0.15) is 25.3 Å². The van der Waals surface area contributed by atoms with E-state index in [1.54, 1.807) is 6.20 Å². The molecule has 2 aromatic carbocycles. The Morgan fingerprint density at radius 2 is 1.96 bits per heavy atom.